The van der Waals surface area contributed by atoms with Crippen molar-refractivity contribution < 1.29 is 43.6 Å². The lowest BCUT2D eigenvalue weighted by Gasteiger charge is -2.20. The van der Waals surface area contributed by atoms with Gasteiger partial charge in [-0.25, -0.2) is 14.8 Å². The number of carbonyl (C=O) groups is 1. The van der Waals surface area contributed by atoms with Crippen molar-refractivity contribution in [1.29, 1.82) is 0 Å². The van der Waals surface area contributed by atoms with Crippen molar-refractivity contribution in [3.05, 3.63) is 17.3 Å². The van der Waals surface area contributed by atoms with Gasteiger partial charge in [-0.3, -0.25) is 9.13 Å². The van der Waals surface area contributed by atoms with E-state index in [1.165, 1.54) is 17.8 Å². The summed E-state index contributed by atoms with van der Waals surface area (Å²) in [4.78, 5) is 42.6. The van der Waals surface area contributed by atoms with E-state index in [0.717, 1.165) is 0 Å². The largest absolute Gasteiger partial charge is 0.464 e. The number of halogens is 1. The third-order valence-corrected chi connectivity index (χ3v) is 5.53. The molecule has 166 valence electrons. The minimum atomic E-state index is -5.00. The Morgan fingerprint density at radius 2 is 2.07 bits per heavy atom. The number of aromatic nitrogens is 4. The molecule has 5 atom stereocenters. The van der Waals surface area contributed by atoms with Gasteiger partial charge in [0.25, 0.3) is 5.85 Å². The predicted octanol–water partition coefficient (Wildman–Crippen LogP) is -0.509. The molecule has 0 aliphatic carbocycles. The Morgan fingerprint density at radius 1 is 1.37 bits per heavy atom. The molecule has 1 aliphatic rings. The van der Waals surface area contributed by atoms with Crippen LogP contribution in [-0.4, -0.2) is 82.9 Å². The van der Waals surface area contributed by atoms with Crippen molar-refractivity contribution in [1.82, 2.24) is 19.5 Å². The van der Waals surface area contributed by atoms with Crippen LogP contribution in [0, 0.1) is 6.92 Å². The molecular weight excluding hydrogens is 447 g/mol. The van der Waals surface area contributed by atoms with Gasteiger partial charge in [0.1, 0.15) is 23.8 Å². The van der Waals surface area contributed by atoms with E-state index < -0.39 is 50.6 Å². The van der Waals surface area contributed by atoms with Crippen LogP contribution in [0.5, 0.6) is 0 Å². The maximum absolute atomic E-state index is 11.8. The smallest absolute Gasteiger partial charge is 0.365 e. The lowest BCUT2D eigenvalue weighted by Crippen LogP contribution is -2.36. The second-order valence-corrected chi connectivity index (χ2v) is 8.46. The second-order valence-electron chi connectivity index (χ2n) is 6.48. The van der Waals surface area contributed by atoms with Crippen LogP contribution in [0.25, 0.3) is 11.2 Å². The number of esters is 1. The minimum absolute atomic E-state index is 0.0476. The van der Waals surface area contributed by atoms with Gasteiger partial charge in [-0.1, -0.05) is 0 Å². The fourth-order valence-corrected chi connectivity index (χ4v) is 3.85. The quantitative estimate of drug-likeness (QED) is 0.233. The Bertz CT molecular complexity index is 982. The third kappa shape index (κ3) is 4.48. The van der Waals surface area contributed by atoms with Gasteiger partial charge in [0, 0.05) is 0 Å². The number of rotatable bonds is 7. The van der Waals surface area contributed by atoms with Crippen molar-refractivity contribution >= 4 is 36.3 Å². The van der Waals surface area contributed by atoms with E-state index in [-0.39, 0.29) is 17.5 Å². The molecule has 4 N–H and O–H groups in total. The van der Waals surface area contributed by atoms with Gasteiger partial charge >= 0.3 is 13.6 Å². The molecule has 3 rings (SSSR count). The number of carbonyl (C=O) groups excluding carboxylic acids is 1. The number of aryl methyl sites for hydroxylation is 1. The van der Waals surface area contributed by atoms with Gasteiger partial charge < -0.3 is 34.2 Å². The topological polar surface area (TPSA) is 186 Å². The van der Waals surface area contributed by atoms with E-state index in [4.69, 9.17) is 21.1 Å². The molecule has 0 spiro atoms. The fourth-order valence-electron chi connectivity index (χ4n) is 3.01. The van der Waals surface area contributed by atoms with Crippen LogP contribution in [0.4, 0.5) is 0 Å². The van der Waals surface area contributed by atoms with Gasteiger partial charge in [0.2, 0.25) is 5.28 Å². The van der Waals surface area contributed by atoms with Crippen LogP contribution in [0.1, 0.15) is 18.8 Å². The fraction of sp³-hybridized carbons (Fsp3) is 0.600. The lowest BCUT2D eigenvalue weighted by molar-refractivity contribution is -0.155. The molecule has 2 aromatic heterocycles. The monoisotopic (exact) mass is 466 g/mol. The first-order valence-electron chi connectivity index (χ1n) is 8.76. The summed E-state index contributed by atoms with van der Waals surface area (Å²) in [5.74, 6) is -3.44. The van der Waals surface area contributed by atoms with Crippen LogP contribution in [0.3, 0.4) is 0 Å². The van der Waals surface area contributed by atoms with Gasteiger partial charge in [0.15, 0.2) is 11.9 Å². The van der Waals surface area contributed by atoms with Gasteiger partial charge in [-0.05, 0) is 25.4 Å². The van der Waals surface area contributed by atoms with E-state index >= 15 is 0 Å². The highest BCUT2D eigenvalue weighted by Gasteiger charge is 2.46. The molecule has 0 aromatic carbocycles. The number of nitrogens with zero attached hydrogens (tertiary/aromatic N) is 4. The normalized spacial score (nSPS) is 25.6. The third-order valence-electron chi connectivity index (χ3n) is 4.39. The summed E-state index contributed by atoms with van der Waals surface area (Å²) in [5, 5.41) is 20.7. The zero-order chi connectivity index (χ0) is 22.2. The maximum atomic E-state index is 11.8. The molecule has 2 aromatic rings. The maximum Gasteiger partial charge on any atom is 0.365 e. The first-order valence-corrected chi connectivity index (χ1v) is 10.8. The lowest BCUT2D eigenvalue weighted by atomic mass is 10.1. The molecule has 0 bridgehead atoms. The molecule has 13 nitrogen and oxygen atoms in total. The van der Waals surface area contributed by atoms with Crippen molar-refractivity contribution in [2.75, 3.05) is 13.2 Å². The van der Waals surface area contributed by atoms with E-state index in [2.05, 4.69) is 19.7 Å². The van der Waals surface area contributed by atoms with Crippen molar-refractivity contribution in [2.45, 2.75) is 44.2 Å². The Hall–Kier alpha value is -1.70. The Balaban J connectivity index is 1.79. The zero-order valence-electron chi connectivity index (χ0n) is 15.8. The van der Waals surface area contributed by atoms with Crippen molar-refractivity contribution in [3.8, 4) is 0 Å². The molecule has 0 radical (unpaired) electrons. The van der Waals surface area contributed by atoms with Gasteiger partial charge in [-0.15, -0.1) is 0 Å². The Labute approximate surface area is 174 Å². The zero-order valence-corrected chi connectivity index (χ0v) is 17.5. The highest BCUT2D eigenvalue weighted by Crippen LogP contribution is 2.43. The predicted molar refractivity (Wildman–Crippen MR) is 99.4 cm³/mol. The summed E-state index contributed by atoms with van der Waals surface area (Å²) in [6.45, 7) is 2.42. The molecular formula is C15H20ClN4O9P. The molecule has 30 heavy (non-hydrogen) atoms. The summed E-state index contributed by atoms with van der Waals surface area (Å²) in [6.07, 6.45) is -4.00. The Kier molecular flexibility index (Phi) is 6.75. The highest BCUT2D eigenvalue weighted by molar-refractivity contribution is 7.53. The van der Waals surface area contributed by atoms with Gasteiger partial charge in [-0.2, -0.15) is 4.98 Å². The number of hydrogen-bond donors (Lipinski definition) is 4. The molecule has 0 amide bonds. The van der Waals surface area contributed by atoms with Crippen LogP contribution in [-0.2, 0) is 23.6 Å². The SMILES string of the molecule is CCOC(=O)C(OCC1OC(n2cnc3c(C)nc(Cl)nc32)C(O)C1O)P(=O)(O)O. The van der Waals surface area contributed by atoms with E-state index in [0.29, 0.717) is 11.2 Å². The summed E-state index contributed by atoms with van der Waals surface area (Å²) in [7, 11) is -5.00. The molecule has 1 saturated heterocycles. The van der Waals surface area contributed by atoms with Crippen LogP contribution in [0.2, 0.25) is 5.28 Å². The first kappa shape index (κ1) is 23.0. The molecule has 15 heteroatoms. The van der Waals surface area contributed by atoms with E-state index in [9.17, 15) is 29.4 Å². The number of aliphatic hydroxyl groups excluding tert-OH is 2. The van der Waals surface area contributed by atoms with Crippen LogP contribution in [0.15, 0.2) is 6.33 Å². The van der Waals surface area contributed by atoms with E-state index in [1.54, 1.807) is 6.92 Å². The standard InChI is InChI=1S/C15H20ClN4O9P/c1-3-27-13(23)14(30(24,25)26)28-4-7-9(21)10(22)12(29-7)20-5-17-8-6(2)18-15(16)19-11(8)20/h5,7,9-10,12,14,21-22H,3-4H2,1-2H3,(H2,24,25,26). The second kappa shape index (κ2) is 8.81. The number of hydrogen-bond acceptors (Lipinski definition) is 10. The number of imidazole rings is 1. The summed E-state index contributed by atoms with van der Waals surface area (Å²) >= 11 is 5.88. The van der Waals surface area contributed by atoms with Crippen LogP contribution >= 0.6 is 19.2 Å². The minimum Gasteiger partial charge on any atom is -0.464 e. The summed E-state index contributed by atoms with van der Waals surface area (Å²) in [5.41, 5.74) is 1.16. The average Bonchev–Trinajstić information content (AvgIpc) is 3.17. The Morgan fingerprint density at radius 3 is 2.70 bits per heavy atom. The average molecular weight is 467 g/mol. The van der Waals surface area contributed by atoms with E-state index in [1.807, 2.05) is 0 Å². The first-order chi connectivity index (χ1) is 14.0. The van der Waals surface area contributed by atoms with Crippen molar-refractivity contribution in [3.63, 3.8) is 0 Å². The molecule has 0 saturated carbocycles. The molecule has 1 fully saturated rings. The molecule has 5 unspecified atom stereocenters. The molecule has 1 aliphatic heterocycles. The summed E-state index contributed by atoms with van der Waals surface area (Å²) < 4.78 is 28.1. The summed E-state index contributed by atoms with van der Waals surface area (Å²) in [6, 6.07) is 0. The van der Waals surface area contributed by atoms with Crippen molar-refractivity contribution in [2.24, 2.45) is 0 Å². The number of fused-ring (bicyclic) bond motifs is 1. The number of ether oxygens (including phenoxy) is 3. The van der Waals surface area contributed by atoms with Gasteiger partial charge in [0.05, 0.1) is 25.2 Å². The van der Waals surface area contributed by atoms with Crippen LogP contribution < -0.4 is 0 Å². The molecule has 3 heterocycles. The highest BCUT2D eigenvalue weighted by atomic mass is 35.5. The number of aliphatic hydroxyl groups is 2.